The molecule has 10 nitrogen and oxygen atoms in total. The van der Waals surface area contributed by atoms with Crippen molar-refractivity contribution in [3.05, 3.63) is 53.6 Å². The summed E-state index contributed by atoms with van der Waals surface area (Å²) in [5.41, 5.74) is 1.76. The first kappa shape index (κ1) is 22.4. The molecule has 0 aliphatic carbocycles. The van der Waals surface area contributed by atoms with Crippen molar-refractivity contribution in [1.82, 2.24) is 20.2 Å². The Balaban J connectivity index is 1.47. The van der Waals surface area contributed by atoms with E-state index in [1.807, 2.05) is 0 Å². The van der Waals surface area contributed by atoms with Crippen LogP contribution >= 0.6 is 11.6 Å². The van der Waals surface area contributed by atoms with E-state index in [9.17, 15) is 14.4 Å². The van der Waals surface area contributed by atoms with Gasteiger partial charge in [0.15, 0.2) is 12.1 Å². The number of carbonyl (C=O) groups is 3. The van der Waals surface area contributed by atoms with Crippen LogP contribution in [0.25, 0.3) is 11.4 Å². The van der Waals surface area contributed by atoms with Crippen LogP contribution in [-0.4, -0.2) is 50.6 Å². The van der Waals surface area contributed by atoms with Gasteiger partial charge in [0, 0.05) is 10.6 Å². The predicted molar refractivity (Wildman–Crippen MR) is 121 cm³/mol. The van der Waals surface area contributed by atoms with Crippen LogP contribution < -0.4 is 10.2 Å². The van der Waals surface area contributed by atoms with Crippen LogP contribution in [0.1, 0.15) is 26.3 Å². The molecule has 2 amide bonds. The number of hydrogen-bond donors (Lipinski definition) is 1. The highest BCUT2D eigenvalue weighted by Gasteiger charge is 2.33. The molecule has 2 aromatic carbocycles. The molecule has 1 N–H and O–H groups in total. The third-order valence-electron chi connectivity index (χ3n) is 5.15. The van der Waals surface area contributed by atoms with E-state index < -0.39 is 24.0 Å². The summed E-state index contributed by atoms with van der Waals surface area (Å²) in [5, 5.41) is 15.6. The van der Waals surface area contributed by atoms with Gasteiger partial charge in [-0.05, 0) is 55.0 Å². The number of esters is 1. The molecule has 3 aromatic rings. The van der Waals surface area contributed by atoms with Crippen molar-refractivity contribution in [1.29, 1.82) is 0 Å². The van der Waals surface area contributed by atoms with E-state index in [1.165, 1.54) is 16.6 Å². The zero-order valence-corrected chi connectivity index (χ0v) is 18.7. The quantitative estimate of drug-likeness (QED) is 0.552. The van der Waals surface area contributed by atoms with E-state index in [1.54, 1.807) is 55.5 Å². The second-order valence-corrected chi connectivity index (χ2v) is 7.87. The maximum atomic E-state index is 13.0. The first-order valence-corrected chi connectivity index (χ1v) is 10.7. The van der Waals surface area contributed by atoms with Gasteiger partial charge in [-0.15, -0.1) is 15.0 Å². The number of tetrazole rings is 1. The molecule has 33 heavy (non-hydrogen) atoms. The number of anilines is 2. The number of fused-ring (bicyclic) bond motifs is 1. The molecular weight excluding hydrogens is 448 g/mol. The SMILES string of the molecule is CC[C@@H](C(=O)O[C@H](C)C(=O)N1CC(=O)Nc2ccccc21)n1nnc(-c2ccc(Cl)cc2)n1. The van der Waals surface area contributed by atoms with Crippen molar-refractivity contribution in [2.24, 2.45) is 0 Å². The molecule has 11 heteroatoms. The molecule has 170 valence electrons. The summed E-state index contributed by atoms with van der Waals surface area (Å²) in [6.45, 7) is 3.08. The molecule has 0 saturated heterocycles. The first-order chi connectivity index (χ1) is 15.9. The normalized spacial score (nSPS) is 14.8. The fraction of sp³-hybridized carbons (Fsp3) is 0.273. The van der Waals surface area contributed by atoms with Crippen LogP contribution in [0.5, 0.6) is 0 Å². The summed E-state index contributed by atoms with van der Waals surface area (Å²) in [4.78, 5) is 40.4. The lowest BCUT2D eigenvalue weighted by molar-refractivity contribution is -0.158. The lowest BCUT2D eigenvalue weighted by atomic mass is 10.1. The Labute approximate surface area is 194 Å². The number of benzene rings is 2. The number of nitrogens with zero attached hydrogens (tertiary/aromatic N) is 5. The van der Waals surface area contributed by atoms with Gasteiger partial charge in [-0.1, -0.05) is 30.7 Å². The van der Waals surface area contributed by atoms with Crippen LogP contribution in [0, 0.1) is 0 Å². The summed E-state index contributed by atoms with van der Waals surface area (Å²) in [6.07, 6.45) is -0.796. The molecule has 1 aliphatic heterocycles. The van der Waals surface area contributed by atoms with E-state index in [4.69, 9.17) is 16.3 Å². The largest absolute Gasteiger partial charge is 0.451 e. The number of carbonyl (C=O) groups excluding carboxylic acids is 3. The molecule has 1 aliphatic rings. The van der Waals surface area contributed by atoms with Gasteiger partial charge in [-0.3, -0.25) is 14.5 Å². The predicted octanol–water partition coefficient (Wildman–Crippen LogP) is 2.86. The smallest absolute Gasteiger partial charge is 0.333 e. The molecule has 1 aromatic heterocycles. The minimum atomic E-state index is -1.12. The van der Waals surface area contributed by atoms with Crippen molar-refractivity contribution < 1.29 is 19.1 Å². The monoisotopic (exact) mass is 468 g/mol. The molecular formula is C22H21ClN6O4. The Hall–Kier alpha value is -3.79. The van der Waals surface area contributed by atoms with Gasteiger partial charge in [-0.2, -0.15) is 0 Å². The molecule has 0 bridgehead atoms. The Bertz CT molecular complexity index is 1200. The average Bonchev–Trinajstić information content (AvgIpc) is 3.28. The lowest BCUT2D eigenvalue weighted by Crippen LogP contribution is -2.47. The topological polar surface area (TPSA) is 119 Å². The molecule has 4 rings (SSSR count). The molecule has 0 saturated carbocycles. The van der Waals surface area contributed by atoms with Gasteiger partial charge in [0.05, 0.1) is 11.4 Å². The van der Waals surface area contributed by atoms with Gasteiger partial charge >= 0.3 is 5.97 Å². The van der Waals surface area contributed by atoms with Gasteiger partial charge in [0.2, 0.25) is 11.7 Å². The summed E-state index contributed by atoms with van der Waals surface area (Å²) in [6, 6.07) is 13.0. The third kappa shape index (κ3) is 4.70. The van der Waals surface area contributed by atoms with Crippen LogP contribution in [0.4, 0.5) is 11.4 Å². The van der Waals surface area contributed by atoms with Crippen molar-refractivity contribution in [2.75, 3.05) is 16.8 Å². The minimum absolute atomic E-state index is 0.163. The number of ether oxygens (including phenoxy) is 1. The summed E-state index contributed by atoms with van der Waals surface area (Å²) in [5.74, 6) is -1.17. The van der Waals surface area contributed by atoms with E-state index >= 15 is 0 Å². The van der Waals surface area contributed by atoms with Gasteiger partial charge < -0.3 is 10.1 Å². The molecule has 2 heterocycles. The fourth-order valence-electron chi connectivity index (χ4n) is 3.45. The second kappa shape index (κ2) is 9.37. The van der Waals surface area contributed by atoms with Crippen molar-refractivity contribution >= 4 is 40.8 Å². The van der Waals surface area contributed by atoms with Crippen molar-refractivity contribution in [3.63, 3.8) is 0 Å². The van der Waals surface area contributed by atoms with E-state index in [0.717, 1.165) is 0 Å². The van der Waals surface area contributed by atoms with E-state index in [-0.39, 0.29) is 12.5 Å². The van der Waals surface area contributed by atoms with Gasteiger partial charge in [-0.25, -0.2) is 4.79 Å². The number of hydrogen-bond acceptors (Lipinski definition) is 7. The minimum Gasteiger partial charge on any atom is -0.451 e. The highest BCUT2D eigenvalue weighted by atomic mass is 35.5. The van der Waals surface area contributed by atoms with Crippen LogP contribution in [0.15, 0.2) is 48.5 Å². The van der Waals surface area contributed by atoms with Crippen LogP contribution in [0.2, 0.25) is 5.02 Å². The summed E-state index contributed by atoms with van der Waals surface area (Å²) < 4.78 is 5.45. The summed E-state index contributed by atoms with van der Waals surface area (Å²) in [7, 11) is 0. The lowest BCUT2D eigenvalue weighted by Gasteiger charge is -2.31. The van der Waals surface area contributed by atoms with Crippen molar-refractivity contribution in [3.8, 4) is 11.4 Å². The second-order valence-electron chi connectivity index (χ2n) is 7.43. The van der Waals surface area contributed by atoms with Crippen LogP contribution in [-0.2, 0) is 19.1 Å². The van der Waals surface area contributed by atoms with E-state index in [2.05, 4.69) is 20.7 Å². The third-order valence-corrected chi connectivity index (χ3v) is 5.40. The fourth-order valence-corrected chi connectivity index (χ4v) is 3.57. The molecule has 0 spiro atoms. The zero-order valence-electron chi connectivity index (χ0n) is 17.9. The Morgan fingerprint density at radius 3 is 2.64 bits per heavy atom. The number of halogens is 1. The highest BCUT2D eigenvalue weighted by Crippen LogP contribution is 2.29. The van der Waals surface area contributed by atoms with Gasteiger partial charge in [0.25, 0.3) is 5.91 Å². The maximum absolute atomic E-state index is 13.0. The van der Waals surface area contributed by atoms with E-state index in [0.29, 0.717) is 34.2 Å². The Kier molecular flexibility index (Phi) is 6.36. The molecule has 2 atom stereocenters. The zero-order chi connectivity index (χ0) is 23.5. The molecule has 0 fully saturated rings. The number of aromatic nitrogens is 4. The molecule has 0 radical (unpaired) electrons. The Morgan fingerprint density at radius 1 is 1.18 bits per heavy atom. The number of amides is 2. The summed E-state index contributed by atoms with van der Waals surface area (Å²) >= 11 is 5.91. The molecule has 0 unspecified atom stereocenters. The number of nitrogens with one attached hydrogen (secondary N) is 1. The number of rotatable bonds is 6. The highest BCUT2D eigenvalue weighted by molar-refractivity contribution is 6.30. The number of para-hydroxylation sites is 2. The first-order valence-electron chi connectivity index (χ1n) is 10.3. The maximum Gasteiger partial charge on any atom is 0.333 e. The average molecular weight is 469 g/mol. The van der Waals surface area contributed by atoms with Gasteiger partial charge in [0.1, 0.15) is 6.54 Å². The van der Waals surface area contributed by atoms with Crippen molar-refractivity contribution in [2.45, 2.75) is 32.4 Å². The Morgan fingerprint density at radius 2 is 1.91 bits per heavy atom. The standard InChI is InChI=1S/C22H21ClN6O4/c1-3-17(29-26-20(25-27-29)14-8-10-15(23)11-9-14)22(32)33-13(2)21(31)28-12-19(30)24-16-6-4-5-7-18(16)28/h4-11,13,17H,3,12H2,1-2H3,(H,24,30)/t13-,17+/m1/s1. The van der Waals surface area contributed by atoms with Crippen LogP contribution in [0.3, 0.4) is 0 Å².